The number of benzene rings is 4. The van der Waals surface area contributed by atoms with Gasteiger partial charge >= 0.3 is 6.09 Å². The summed E-state index contributed by atoms with van der Waals surface area (Å²) in [6.45, 7) is 8.58. The van der Waals surface area contributed by atoms with Gasteiger partial charge in [0.05, 0.1) is 54.4 Å². The Kier molecular flexibility index (Phi) is 15.5. The molecule has 4 N–H and O–H groups in total. The van der Waals surface area contributed by atoms with Gasteiger partial charge in [-0.1, -0.05) is 102 Å². The molecule has 14 heteroatoms. The standard InChI is InChI=1S/C59H72N8O4.C2H4O2/c1-33(2)53(60-5)57(68)66-49-13-9-7-11-41(49)31-51(66)55-61-45-25-23-39(29-47(45)63-55)43-27-35-15-19-37(43)20-16-36-18-22-38(21-17-35)44(28-36)40-24-26-46-48(30-40)64-56(62-46)52-32-42-12-8-10-14-50(42)67(52)58(69)54(34(3)4)65-59(70)71-6;1-4-2-3/h15,18-19,22-30,33-34,41-42,49-54,60H,7-14,16-17,20-21,31-32H2,1-6H3,(H,61,63)(H,62,64)(H,65,70);2H,1H3. The quantitative estimate of drug-likeness (QED) is 0.0921. The first-order chi connectivity index (χ1) is 36.4. The highest BCUT2D eigenvalue weighted by atomic mass is 16.5. The predicted octanol–water partition coefficient (Wildman–Crippen LogP) is 10.7. The molecule has 8 atom stereocenters. The number of aromatic nitrogens is 4. The summed E-state index contributed by atoms with van der Waals surface area (Å²) in [5.74, 6) is 2.90. The SMILES string of the molecule is CNC(C(=O)N1C(c2nc3ccc(-c4cc5ccc4CCc4ccc(c(-c6ccc7nc(C8CC9CCCCC9N8C(=O)C(NC(=O)OC)C(C)C)[nH]c7c6)c4)CC5)cc3[nH]2)CC2CCCCC21)C(C)C.COC=O. The summed E-state index contributed by atoms with van der Waals surface area (Å²) in [4.78, 5) is 72.2. The average molecular weight is 1020 g/mol. The lowest BCUT2D eigenvalue weighted by atomic mass is 9.84. The first-order valence-corrected chi connectivity index (χ1v) is 27.7. The van der Waals surface area contributed by atoms with E-state index in [4.69, 9.17) is 19.5 Å². The molecular weight excluding hydrogens is 941 g/mol. The maximum Gasteiger partial charge on any atom is 0.407 e. The number of ether oxygens (including phenoxy) is 2. The van der Waals surface area contributed by atoms with Crippen LogP contribution < -0.4 is 10.6 Å². The second-order valence-electron chi connectivity index (χ2n) is 22.6. The topological polar surface area (TPSA) is 175 Å². The van der Waals surface area contributed by atoms with Crippen molar-refractivity contribution in [1.29, 1.82) is 0 Å². The van der Waals surface area contributed by atoms with Gasteiger partial charge in [-0.3, -0.25) is 14.4 Å². The molecule has 75 heavy (non-hydrogen) atoms. The number of aromatic amines is 2. The largest absolute Gasteiger partial charge is 0.471 e. The number of H-pyrrole nitrogens is 2. The molecule has 4 aromatic carbocycles. The minimum absolute atomic E-state index is 0.0494. The molecule has 6 aromatic rings. The van der Waals surface area contributed by atoms with Crippen molar-refractivity contribution in [2.45, 2.75) is 154 Å². The fourth-order valence-electron chi connectivity index (χ4n) is 13.6. The van der Waals surface area contributed by atoms with Gasteiger partial charge in [0.15, 0.2) is 0 Å². The van der Waals surface area contributed by atoms with Gasteiger partial charge in [-0.25, -0.2) is 14.8 Å². The fourth-order valence-corrected chi connectivity index (χ4v) is 13.6. The van der Waals surface area contributed by atoms with E-state index in [0.29, 0.717) is 18.3 Å². The van der Waals surface area contributed by atoms with Gasteiger partial charge in [0.1, 0.15) is 17.7 Å². The number of nitrogens with one attached hydrogen (secondary N) is 4. The zero-order chi connectivity index (χ0) is 52.5. The Balaban J connectivity index is 0.00000155. The van der Waals surface area contributed by atoms with Crippen LogP contribution in [0.2, 0.25) is 0 Å². The minimum atomic E-state index is -0.684. The van der Waals surface area contributed by atoms with Crippen LogP contribution in [0, 0.1) is 23.7 Å². The third-order valence-electron chi connectivity index (χ3n) is 17.4. The highest BCUT2D eigenvalue weighted by Gasteiger charge is 2.49. The summed E-state index contributed by atoms with van der Waals surface area (Å²) >= 11 is 0. The smallest absolute Gasteiger partial charge is 0.407 e. The normalized spacial score (nSPS) is 23.0. The van der Waals surface area contributed by atoms with Gasteiger partial charge in [0, 0.05) is 12.1 Å². The number of methoxy groups -OCH3 is 2. The van der Waals surface area contributed by atoms with E-state index in [1.54, 1.807) is 0 Å². The zero-order valence-electron chi connectivity index (χ0n) is 44.9. The average Bonchev–Trinajstić information content (AvgIpc) is 4.24. The van der Waals surface area contributed by atoms with Crippen LogP contribution in [0.15, 0.2) is 72.8 Å². The second kappa shape index (κ2) is 22.4. The van der Waals surface area contributed by atoms with Gasteiger partial charge in [-0.05, 0) is 164 Å². The molecule has 396 valence electrons. The number of rotatable bonds is 11. The van der Waals surface area contributed by atoms with Crippen molar-refractivity contribution in [3.05, 3.63) is 107 Å². The number of nitrogens with zero attached hydrogens (tertiary/aromatic N) is 4. The highest BCUT2D eigenvalue weighted by Crippen LogP contribution is 2.48. The number of hydrogen-bond acceptors (Lipinski definition) is 9. The number of likely N-dealkylation sites (N-methyl/N-ethyl adjacent to an activating group) is 1. The van der Waals surface area contributed by atoms with Crippen LogP contribution in [0.4, 0.5) is 4.79 Å². The number of aryl methyl sites for hydroxylation is 4. The first kappa shape index (κ1) is 51.9. The molecule has 3 amide bonds. The Bertz CT molecular complexity index is 3050. The van der Waals surface area contributed by atoms with Crippen molar-refractivity contribution in [2.75, 3.05) is 21.3 Å². The van der Waals surface area contributed by atoms with E-state index >= 15 is 0 Å². The van der Waals surface area contributed by atoms with Crippen LogP contribution in [-0.2, 0) is 49.5 Å². The van der Waals surface area contributed by atoms with E-state index in [1.807, 2.05) is 20.9 Å². The molecule has 0 radical (unpaired) electrons. The van der Waals surface area contributed by atoms with Crippen LogP contribution in [0.5, 0.6) is 0 Å². The molecule has 2 aliphatic heterocycles. The van der Waals surface area contributed by atoms with Gasteiger partial charge in [0.25, 0.3) is 6.47 Å². The summed E-state index contributed by atoms with van der Waals surface area (Å²) in [6, 6.07) is 26.6. The molecule has 4 heterocycles. The number of carbonyl (C=O) groups is 4. The molecule has 4 fully saturated rings. The first-order valence-electron chi connectivity index (χ1n) is 27.7. The molecule has 14 nitrogen and oxygen atoms in total. The molecule has 14 rings (SSSR count). The van der Waals surface area contributed by atoms with Gasteiger partial charge in [0.2, 0.25) is 11.8 Å². The Labute approximate surface area is 441 Å². The summed E-state index contributed by atoms with van der Waals surface area (Å²) in [5.41, 5.74) is 13.9. The van der Waals surface area contributed by atoms with E-state index in [-0.39, 0.29) is 53.9 Å². The molecule has 2 saturated carbocycles. The molecule has 0 spiro atoms. The lowest BCUT2D eigenvalue weighted by Gasteiger charge is -2.36. The number of carbonyl (C=O) groups excluding carboxylic acids is 4. The molecular formula is C61H76N8O6. The highest BCUT2D eigenvalue weighted by molar-refractivity contribution is 5.88. The molecule has 2 aromatic heterocycles. The van der Waals surface area contributed by atoms with Crippen molar-refractivity contribution in [3.63, 3.8) is 0 Å². The number of amides is 3. The summed E-state index contributed by atoms with van der Waals surface area (Å²) in [6.07, 6.45) is 13.8. The van der Waals surface area contributed by atoms with Crippen LogP contribution in [0.25, 0.3) is 44.3 Å². The second-order valence-corrected chi connectivity index (χ2v) is 22.6. The van der Waals surface area contributed by atoms with E-state index in [0.717, 1.165) is 103 Å². The van der Waals surface area contributed by atoms with Gasteiger partial charge in [-0.15, -0.1) is 0 Å². The molecule has 8 aliphatic rings. The van der Waals surface area contributed by atoms with E-state index in [2.05, 4.69) is 122 Å². The predicted molar refractivity (Wildman–Crippen MR) is 293 cm³/mol. The van der Waals surface area contributed by atoms with Crippen molar-refractivity contribution < 1.29 is 28.7 Å². The summed E-state index contributed by atoms with van der Waals surface area (Å²) < 4.78 is 8.80. The van der Waals surface area contributed by atoms with Crippen molar-refractivity contribution >= 4 is 46.4 Å². The number of fused-ring (bicyclic) bond motifs is 4. The van der Waals surface area contributed by atoms with Crippen molar-refractivity contribution in [3.8, 4) is 22.3 Å². The number of imidazole rings is 2. The van der Waals surface area contributed by atoms with E-state index in [9.17, 15) is 14.4 Å². The zero-order valence-corrected chi connectivity index (χ0v) is 44.9. The maximum absolute atomic E-state index is 14.5. The summed E-state index contributed by atoms with van der Waals surface area (Å²) in [5, 5.41) is 6.18. The van der Waals surface area contributed by atoms with Crippen LogP contribution in [0.3, 0.4) is 0 Å². The number of hydrogen-bond donors (Lipinski definition) is 4. The van der Waals surface area contributed by atoms with Crippen LogP contribution in [-0.4, -0.2) is 99.6 Å². The maximum atomic E-state index is 14.5. The Morgan fingerprint density at radius 2 is 1.08 bits per heavy atom. The van der Waals surface area contributed by atoms with Crippen molar-refractivity contribution in [2.24, 2.45) is 23.7 Å². The molecule has 2 saturated heterocycles. The Hall–Kier alpha value is -6.54. The van der Waals surface area contributed by atoms with Gasteiger partial charge in [-0.2, -0.15) is 0 Å². The number of alkyl carbamates (subject to hydrolysis) is 1. The van der Waals surface area contributed by atoms with Crippen LogP contribution in [0.1, 0.15) is 138 Å². The van der Waals surface area contributed by atoms with Crippen molar-refractivity contribution in [1.82, 2.24) is 40.4 Å². The third kappa shape index (κ3) is 10.4. The minimum Gasteiger partial charge on any atom is -0.471 e. The fraction of sp³-hybridized carbons (Fsp3) is 0.508. The number of likely N-dealkylation sites (tertiary alicyclic amines) is 2. The Morgan fingerprint density at radius 3 is 1.51 bits per heavy atom. The summed E-state index contributed by atoms with van der Waals surface area (Å²) in [7, 11) is 4.56. The monoisotopic (exact) mass is 1020 g/mol. The van der Waals surface area contributed by atoms with Crippen LogP contribution >= 0.6 is 0 Å². The van der Waals surface area contributed by atoms with E-state index in [1.165, 1.54) is 78.8 Å². The molecule has 6 aliphatic carbocycles. The lowest BCUT2D eigenvalue weighted by Crippen LogP contribution is -2.53. The van der Waals surface area contributed by atoms with E-state index < -0.39 is 12.1 Å². The molecule has 4 bridgehead atoms. The lowest BCUT2D eigenvalue weighted by molar-refractivity contribution is -0.139. The van der Waals surface area contributed by atoms with Gasteiger partial charge < -0.3 is 39.9 Å². The third-order valence-corrected chi connectivity index (χ3v) is 17.4. The Morgan fingerprint density at radius 1 is 0.627 bits per heavy atom. The molecule has 8 unspecified atom stereocenters.